The number of amides is 1. The summed E-state index contributed by atoms with van der Waals surface area (Å²) >= 11 is 5.65. The second-order valence-corrected chi connectivity index (χ2v) is 4.26. The lowest BCUT2D eigenvalue weighted by Gasteiger charge is -2.32. The molecule has 1 N–H and O–H groups in total. The lowest BCUT2D eigenvalue weighted by molar-refractivity contribution is 0.0226. The van der Waals surface area contributed by atoms with Gasteiger partial charge in [0, 0.05) is 19.0 Å². The molecule has 6 nitrogen and oxygen atoms in total. The maximum Gasteiger partial charge on any atom is 0.407 e. The molecule has 1 fully saturated rings. The van der Waals surface area contributed by atoms with Gasteiger partial charge in [0.25, 0.3) is 0 Å². The van der Waals surface area contributed by atoms with E-state index in [9.17, 15) is 9.18 Å². The van der Waals surface area contributed by atoms with Gasteiger partial charge >= 0.3 is 6.09 Å². The number of alkyl halides is 1. The van der Waals surface area contributed by atoms with E-state index in [1.54, 1.807) is 0 Å². The van der Waals surface area contributed by atoms with Gasteiger partial charge < -0.3 is 14.7 Å². The fourth-order valence-electron chi connectivity index (χ4n) is 1.73. The Labute approximate surface area is 107 Å². The van der Waals surface area contributed by atoms with Crippen LogP contribution in [0.4, 0.5) is 9.18 Å². The first-order chi connectivity index (χ1) is 8.56. The molecule has 98 valence electrons. The third-order valence-corrected chi connectivity index (χ3v) is 2.84. The Morgan fingerprint density at radius 1 is 1.61 bits per heavy atom. The predicted octanol–water partition coefficient (Wildman–Crippen LogP) is 1.60. The van der Waals surface area contributed by atoms with Gasteiger partial charge in [0.05, 0.1) is 6.54 Å². The largest absolute Gasteiger partial charge is 0.471 e. The predicted molar refractivity (Wildman–Crippen MR) is 60.6 cm³/mol. The Balaban J connectivity index is 1.97. The van der Waals surface area contributed by atoms with Crippen molar-refractivity contribution >= 4 is 17.7 Å². The van der Waals surface area contributed by atoms with Crippen LogP contribution in [0.3, 0.4) is 0 Å². The first kappa shape index (κ1) is 12.8. The highest BCUT2D eigenvalue weighted by Crippen LogP contribution is 2.20. The van der Waals surface area contributed by atoms with Crippen molar-refractivity contribution < 1.29 is 19.0 Å². The minimum Gasteiger partial charge on any atom is -0.471 e. The number of piperidine rings is 1. The number of halogens is 2. The van der Waals surface area contributed by atoms with Crippen molar-refractivity contribution in [2.24, 2.45) is 0 Å². The Kier molecular flexibility index (Phi) is 3.81. The average Bonchev–Trinajstić information content (AvgIpc) is 2.31. The minimum atomic E-state index is -1.39. The number of carbonyl (C=O) groups is 1. The quantitative estimate of drug-likeness (QED) is 0.830. The Bertz CT molecular complexity index is 448. The molecule has 8 heteroatoms. The third-order valence-electron chi connectivity index (χ3n) is 2.63. The van der Waals surface area contributed by atoms with Crippen molar-refractivity contribution in [1.82, 2.24) is 14.9 Å². The van der Waals surface area contributed by atoms with Gasteiger partial charge in [0.2, 0.25) is 5.88 Å². The van der Waals surface area contributed by atoms with Gasteiger partial charge in [-0.1, -0.05) is 11.6 Å². The number of ether oxygens (including phenoxy) is 1. The van der Waals surface area contributed by atoms with Crippen LogP contribution in [0, 0.1) is 0 Å². The molecule has 18 heavy (non-hydrogen) atoms. The molecular formula is C10H11ClFN3O3. The minimum absolute atomic E-state index is 0.187. The molecule has 1 aliphatic rings. The van der Waals surface area contributed by atoms with Crippen molar-refractivity contribution in [3.05, 3.63) is 17.5 Å². The van der Waals surface area contributed by atoms with Crippen LogP contribution in [0.25, 0.3) is 0 Å². The van der Waals surface area contributed by atoms with Gasteiger partial charge in [-0.2, -0.15) is 0 Å². The van der Waals surface area contributed by atoms with Crippen molar-refractivity contribution in [1.29, 1.82) is 0 Å². The molecule has 0 radical (unpaired) electrons. The van der Waals surface area contributed by atoms with Crippen molar-refractivity contribution in [3.8, 4) is 5.88 Å². The highest BCUT2D eigenvalue weighted by molar-refractivity contribution is 6.29. The van der Waals surface area contributed by atoms with Gasteiger partial charge in [-0.05, 0) is 0 Å². The Morgan fingerprint density at radius 3 is 3.00 bits per heavy atom. The zero-order valence-corrected chi connectivity index (χ0v) is 10.0. The third kappa shape index (κ3) is 2.98. The second-order valence-electron chi connectivity index (χ2n) is 3.87. The summed E-state index contributed by atoms with van der Waals surface area (Å²) in [5, 5.41) is 8.96. The molecule has 1 aliphatic heterocycles. The van der Waals surface area contributed by atoms with Crippen LogP contribution in [0.1, 0.15) is 6.42 Å². The number of likely N-dealkylation sites (tertiary alicyclic amines) is 1. The van der Waals surface area contributed by atoms with E-state index in [1.165, 1.54) is 12.4 Å². The lowest BCUT2D eigenvalue weighted by atomic mass is 10.1. The number of carboxylic acid groups (broad SMARTS) is 1. The van der Waals surface area contributed by atoms with Gasteiger partial charge in [-0.3, -0.25) is 0 Å². The number of nitrogens with zero attached hydrogens (tertiary/aromatic N) is 3. The molecule has 1 saturated heterocycles. The molecule has 2 heterocycles. The van der Waals surface area contributed by atoms with Gasteiger partial charge in [0.15, 0.2) is 6.17 Å². The van der Waals surface area contributed by atoms with E-state index in [2.05, 4.69) is 9.97 Å². The zero-order valence-electron chi connectivity index (χ0n) is 9.29. The summed E-state index contributed by atoms with van der Waals surface area (Å²) in [5.74, 6) is 0.187. The second kappa shape index (κ2) is 5.34. The topological polar surface area (TPSA) is 75.5 Å². The summed E-state index contributed by atoms with van der Waals surface area (Å²) in [4.78, 5) is 19.2. The molecule has 2 unspecified atom stereocenters. The fourth-order valence-corrected chi connectivity index (χ4v) is 1.86. The summed E-state index contributed by atoms with van der Waals surface area (Å²) in [7, 11) is 0. The van der Waals surface area contributed by atoms with E-state index >= 15 is 0 Å². The van der Waals surface area contributed by atoms with Crippen LogP contribution in [0.15, 0.2) is 12.4 Å². The van der Waals surface area contributed by atoms with E-state index in [0.29, 0.717) is 0 Å². The first-order valence-electron chi connectivity index (χ1n) is 5.32. The van der Waals surface area contributed by atoms with E-state index < -0.39 is 18.4 Å². The fraction of sp³-hybridized carbons (Fsp3) is 0.500. The summed E-state index contributed by atoms with van der Waals surface area (Å²) in [6.45, 7) is 0.0397. The summed E-state index contributed by atoms with van der Waals surface area (Å²) in [5.41, 5.74) is 0. The lowest BCUT2D eigenvalue weighted by Crippen LogP contribution is -2.48. The monoisotopic (exact) mass is 275 g/mol. The van der Waals surface area contributed by atoms with Gasteiger partial charge in [-0.25, -0.2) is 19.2 Å². The maximum atomic E-state index is 13.7. The number of rotatable bonds is 2. The molecule has 0 saturated carbocycles. The highest BCUT2D eigenvalue weighted by Gasteiger charge is 2.33. The van der Waals surface area contributed by atoms with Crippen molar-refractivity contribution in [2.45, 2.75) is 18.7 Å². The maximum absolute atomic E-state index is 13.7. The van der Waals surface area contributed by atoms with Crippen LogP contribution in [0.2, 0.25) is 5.15 Å². The molecule has 2 rings (SSSR count). The van der Waals surface area contributed by atoms with E-state index in [1.807, 2.05) is 0 Å². The van der Waals surface area contributed by atoms with Crippen molar-refractivity contribution in [2.75, 3.05) is 13.1 Å². The smallest absolute Gasteiger partial charge is 0.407 e. The summed E-state index contributed by atoms with van der Waals surface area (Å²) < 4.78 is 19.1. The number of aromatic nitrogens is 2. The van der Waals surface area contributed by atoms with Crippen molar-refractivity contribution in [3.63, 3.8) is 0 Å². The molecule has 1 aromatic heterocycles. The molecule has 0 aromatic carbocycles. The molecule has 0 bridgehead atoms. The normalized spacial score (nSPS) is 23.8. The average molecular weight is 276 g/mol. The van der Waals surface area contributed by atoms with Crippen LogP contribution in [-0.4, -0.2) is 51.4 Å². The van der Waals surface area contributed by atoms with E-state index in [0.717, 1.165) is 4.90 Å². The van der Waals surface area contributed by atoms with E-state index in [-0.39, 0.29) is 30.5 Å². The summed E-state index contributed by atoms with van der Waals surface area (Å²) in [6, 6.07) is 1.39. The number of hydrogen-bond donors (Lipinski definition) is 1. The standard InChI is InChI=1S/C10H11ClFN3O3/c11-8-3-9(14-5-13-8)18-7-1-2-15(10(16)17)4-6(7)12/h3,5-7H,1-2,4H2,(H,16,17). The summed E-state index contributed by atoms with van der Waals surface area (Å²) in [6.07, 6.45) is -1.73. The van der Waals surface area contributed by atoms with E-state index in [4.69, 9.17) is 21.4 Å². The molecule has 1 amide bonds. The SMILES string of the molecule is O=C(O)N1CCC(Oc2cc(Cl)ncn2)C(F)C1. The molecule has 2 atom stereocenters. The molecular weight excluding hydrogens is 265 g/mol. The Hall–Kier alpha value is -1.63. The van der Waals surface area contributed by atoms with Gasteiger partial charge in [-0.15, -0.1) is 0 Å². The van der Waals surface area contributed by atoms with Gasteiger partial charge in [0.1, 0.15) is 17.6 Å². The first-order valence-corrected chi connectivity index (χ1v) is 5.70. The number of hydrogen-bond acceptors (Lipinski definition) is 4. The zero-order chi connectivity index (χ0) is 13.1. The van der Waals surface area contributed by atoms with Crippen LogP contribution in [0.5, 0.6) is 5.88 Å². The Morgan fingerprint density at radius 2 is 2.39 bits per heavy atom. The van der Waals surface area contributed by atoms with Crippen LogP contribution >= 0.6 is 11.6 Å². The highest BCUT2D eigenvalue weighted by atomic mass is 35.5. The van der Waals surface area contributed by atoms with Crippen LogP contribution < -0.4 is 4.74 Å². The molecule has 0 aliphatic carbocycles. The molecule has 0 spiro atoms. The molecule has 1 aromatic rings. The van der Waals surface area contributed by atoms with Crippen LogP contribution in [-0.2, 0) is 0 Å².